The summed E-state index contributed by atoms with van der Waals surface area (Å²) in [6.45, 7) is 1.01. The Kier molecular flexibility index (Phi) is 2.79. The van der Waals surface area contributed by atoms with Gasteiger partial charge in [-0.15, -0.1) is 0 Å². The van der Waals surface area contributed by atoms with Crippen LogP contribution < -0.4 is 15.2 Å². The highest BCUT2D eigenvalue weighted by Crippen LogP contribution is 2.49. The smallest absolute Gasteiger partial charge is 0.231 e. The highest BCUT2D eigenvalue weighted by Gasteiger charge is 2.37. The Bertz CT molecular complexity index is 441. The van der Waals surface area contributed by atoms with Crippen molar-refractivity contribution in [3.63, 3.8) is 0 Å². The first-order chi connectivity index (χ1) is 8.27. The lowest BCUT2D eigenvalue weighted by atomic mass is 9.79. The molecule has 17 heavy (non-hydrogen) atoms. The summed E-state index contributed by atoms with van der Waals surface area (Å²) in [7, 11) is 0. The second kappa shape index (κ2) is 4.18. The molecule has 2 N–H and O–H groups in total. The van der Waals surface area contributed by atoms with Crippen LogP contribution >= 0.6 is 15.9 Å². The van der Waals surface area contributed by atoms with E-state index >= 15 is 0 Å². The molecule has 0 amide bonds. The number of halogens is 1. The van der Waals surface area contributed by atoms with Crippen LogP contribution in [0.2, 0.25) is 0 Å². The van der Waals surface area contributed by atoms with Crippen LogP contribution in [0.3, 0.4) is 0 Å². The minimum Gasteiger partial charge on any atom is -0.454 e. The van der Waals surface area contributed by atoms with Crippen molar-refractivity contribution in [1.29, 1.82) is 0 Å². The second-order valence-electron chi connectivity index (χ2n) is 4.85. The standard InChI is InChI=1S/C13H16BrNO2/c14-11-9(13(7-15)5-1-2-6-13)3-4-10-12(11)17-8-16-10/h3-4H,1-2,5-8,15H2. The molecule has 1 fully saturated rings. The SMILES string of the molecule is NCC1(c2ccc3c(c2Br)OCO3)CCCC1. The van der Waals surface area contributed by atoms with Crippen LogP contribution in [0.25, 0.3) is 0 Å². The Hall–Kier alpha value is -0.740. The minimum atomic E-state index is 0.125. The van der Waals surface area contributed by atoms with Gasteiger partial charge in [0.2, 0.25) is 6.79 Å². The maximum absolute atomic E-state index is 6.02. The van der Waals surface area contributed by atoms with Crippen molar-refractivity contribution in [3.8, 4) is 11.5 Å². The molecule has 0 radical (unpaired) electrons. The summed E-state index contributed by atoms with van der Waals surface area (Å²) in [6.07, 6.45) is 4.86. The molecule has 0 saturated heterocycles. The summed E-state index contributed by atoms with van der Waals surface area (Å²) >= 11 is 3.66. The van der Waals surface area contributed by atoms with E-state index in [0.717, 1.165) is 16.0 Å². The predicted molar refractivity (Wildman–Crippen MR) is 69.5 cm³/mol. The van der Waals surface area contributed by atoms with E-state index in [-0.39, 0.29) is 5.41 Å². The Morgan fingerprint density at radius 1 is 1.24 bits per heavy atom. The Morgan fingerprint density at radius 3 is 2.71 bits per heavy atom. The topological polar surface area (TPSA) is 44.5 Å². The fourth-order valence-electron chi connectivity index (χ4n) is 2.98. The molecule has 0 unspecified atom stereocenters. The number of rotatable bonds is 2. The summed E-state index contributed by atoms with van der Waals surface area (Å²) in [5.74, 6) is 1.66. The average Bonchev–Trinajstić information content (AvgIpc) is 2.98. The van der Waals surface area contributed by atoms with Crippen LogP contribution in [0.15, 0.2) is 16.6 Å². The molecule has 0 aromatic heterocycles. The molecule has 1 heterocycles. The van der Waals surface area contributed by atoms with Gasteiger partial charge in [0, 0.05) is 12.0 Å². The van der Waals surface area contributed by atoms with Crippen molar-refractivity contribution in [1.82, 2.24) is 0 Å². The van der Waals surface area contributed by atoms with Crippen LogP contribution in [0.1, 0.15) is 31.2 Å². The molecule has 92 valence electrons. The van der Waals surface area contributed by atoms with Gasteiger partial charge in [-0.25, -0.2) is 0 Å². The van der Waals surface area contributed by atoms with Gasteiger partial charge in [-0.3, -0.25) is 0 Å². The van der Waals surface area contributed by atoms with Crippen molar-refractivity contribution in [2.45, 2.75) is 31.1 Å². The van der Waals surface area contributed by atoms with Crippen molar-refractivity contribution in [2.24, 2.45) is 5.73 Å². The van der Waals surface area contributed by atoms with Crippen molar-refractivity contribution in [2.75, 3.05) is 13.3 Å². The number of benzene rings is 1. The van der Waals surface area contributed by atoms with Crippen LogP contribution in [-0.4, -0.2) is 13.3 Å². The molecule has 3 rings (SSSR count). The van der Waals surface area contributed by atoms with Gasteiger partial charge >= 0.3 is 0 Å². The van der Waals surface area contributed by atoms with Crippen LogP contribution in [0.4, 0.5) is 0 Å². The second-order valence-corrected chi connectivity index (χ2v) is 5.65. The van der Waals surface area contributed by atoms with E-state index in [1.54, 1.807) is 0 Å². The van der Waals surface area contributed by atoms with Crippen LogP contribution in [0.5, 0.6) is 11.5 Å². The van der Waals surface area contributed by atoms with E-state index in [1.165, 1.54) is 31.2 Å². The van der Waals surface area contributed by atoms with E-state index in [1.807, 2.05) is 6.07 Å². The third-order valence-corrected chi connectivity index (χ3v) is 4.79. The Labute approximate surface area is 109 Å². The predicted octanol–water partition coefficient (Wildman–Crippen LogP) is 2.95. The molecule has 1 aromatic rings. The van der Waals surface area contributed by atoms with Crippen LogP contribution in [-0.2, 0) is 5.41 Å². The quantitative estimate of drug-likeness (QED) is 0.913. The maximum atomic E-state index is 6.02. The third-order valence-electron chi connectivity index (χ3n) is 4.00. The molecule has 4 heteroatoms. The lowest BCUT2D eigenvalue weighted by Gasteiger charge is -2.29. The maximum Gasteiger partial charge on any atom is 0.231 e. The molecule has 1 aliphatic carbocycles. The summed E-state index contributed by atoms with van der Waals surface area (Å²) in [4.78, 5) is 0. The zero-order valence-electron chi connectivity index (χ0n) is 9.67. The minimum absolute atomic E-state index is 0.125. The monoisotopic (exact) mass is 297 g/mol. The van der Waals surface area contributed by atoms with Crippen molar-refractivity contribution < 1.29 is 9.47 Å². The number of nitrogens with two attached hydrogens (primary N) is 1. The average molecular weight is 298 g/mol. The van der Waals surface area contributed by atoms with Crippen molar-refractivity contribution >= 4 is 15.9 Å². The number of hydrogen-bond acceptors (Lipinski definition) is 3. The summed E-state index contributed by atoms with van der Waals surface area (Å²) < 4.78 is 11.9. The number of fused-ring (bicyclic) bond motifs is 1. The van der Waals surface area contributed by atoms with E-state index in [4.69, 9.17) is 15.2 Å². The van der Waals surface area contributed by atoms with Crippen molar-refractivity contribution in [3.05, 3.63) is 22.2 Å². The molecule has 0 spiro atoms. The zero-order valence-corrected chi connectivity index (χ0v) is 11.3. The molecule has 0 atom stereocenters. The summed E-state index contributed by atoms with van der Waals surface area (Å²) in [6, 6.07) is 4.13. The molecule has 1 saturated carbocycles. The van der Waals surface area contributed by atoms with E-state index in [2.05, 4.69) is 22.0 Å². The first-order valence-electron chi connectivity index (χ1n) is 6.05. The summed E-state index contributed by atoms with van der Waals surface area (Å²) in [5, 5.41) is 0. The molecule has 1 aliphatic heterocycles. The first kappa shape index (κ1) is 11.4. The van der Waals surface area contributed by atoms with Gasteiger partial charge in [-0.1, -0.05) is 18.9 Å². The molecular weight excluding hydrogens is 282 g/mol. The highest BCUT2D eigenvalue weighted by atomic mass is 79.9. The fraction of sp³-hybridized carbons (Fsp3) is 0.538. The Morgan fingerprint density at radius 2 is 2.00 bits per heavy atom. The lowest BCUT2D eigenvalue weighted by Crippen LogP contribution is -2.32. The fourth-order valence-corrected chi connectivity index (χ4v) is 3.85. The Balaban J connectivity index is 2.09. The van der Waals surface area contributed by atoms with E-state index in [0.29, 0.717) is 13.3 Å². The van der Waals surface area contributed by atoms with Gasteiger partial charge in [-0.05, 0) is 40.4 Å². The molecular formula is C13H16BrNO2. The number of ether oxygens (including phenoxy) is 2. The van der Waals surface area contributed by atoms with E-state index in [9.17, 15) is 0 Å². The van der Waals surface area contributed by atoms with Gasteiger partial charge in [0.1, 0.15) is 0 Å². The highest BCUT2D eigenvalue weighted by molar-refractivity contribution is 9.10. The third kappa shape index (κ3) is 1.66. The molecule has 3 nitrogen and oxygen atoms in total. The van der Waals surface area contributed by atoms with Gasteiger partial charge in [0.25, 0.3) is 0 Å². The van der Waals surface area contributed by atoms with E-state index < -0.39 is 0 Å². The summed E-state index contributed by atoms with van der Waals surface area (Å²) in [5.41, 5.74) is 7.43. The molecule has 1 aromatic carbocycles. The molecule has 2 aliphatic rings. The van der Waals surface area contributed by atoms with Gasteiger partial charge in [-0.2, -0.15) is 0 Å². The lowest BCUT2D eigenvalue weighted by molar-refractivity contribution is 0.173. The largest absolute Gasteiger partial charge is 0.454 e. The van der Waals surface area contributed by atoms with Gasteiger partial charge in [0.15, 0.2) is 11.5 Å². The molecule has 0 bridgehead atoms. The zero-order chi connectivity index (χ0) is 11.9. The number of hydrogen-bond donors (Lipinski definition) is 1. The van der Waals surface area contributed by atoms with Gasteiger partial charge in [0.05, 0.1) is 4.47 Å². The normalized spacial score (nSPS) is 20.8. The van der Waals surface area contributed by atoms with Gasteiger partial charge < -0.3 is 15.2 Å². The van der Waals surface area contributed by atoms with Crippen LogP contribution in [0, 0.1) is 0 Å². The first-order valence-corrected chi connectivity index (χ1v) is 6.85.